The number of halogens is 2. The van der Waals surface area contributed by atoms with E-state index in [0.717, 1.165) is 29.9 Å². The van der Waals surface area contributed by atoms with Gasteiger partial charge in [-0.05, 0) is 48.6 Å². The molecule has 2 aromatic rings. The quantitative estimate of drug-likeness (QED) is 0.880. The Bertz CT molecular complexity index is 570. The average molecular weight is 266 g/mol. The normalized spacial score (nSPS) is 15.7. The topological polar surface area (TPSA) is 20.2 Å². The number of benzene rings is 1. The number of aryl methyl sites for hydroxylation is 2. The zero-order valence-electron chi connectivity index (χ0n) is 9.62. The lowest BCUT2D eigenvalue weighted by Gasteiger charge is -2.09. The van der Waals surface area contributed by atoms with Crippen LogP contribution in [0.2, 0.25) is 0 Å². The molecule has 1 nitrogen and oxygen atoms in total. The molecule has 1 aliphatic carbocycles. The van der Waals surface area contributed by atoms with Crippen LogP contribution in [0.15, 0.2) is 24.3 Å². The van der Waals surface area contributed by atoms with E-state index in [4.69, 9.17) is 0 Å². The molecule has 1 unspecified atom stereocenters. The fraction of sp³-hybridized carbons (Fsp3) is 0.286. The molecule has 0 aliphatic heterocycles. The molecule has 18 heavy (non-hydrogen) atoms. The van der Waals surface area contributed by atoms with Crippen molar-refractivity contribution in [2.24, 2.45) is 0 Å². The van der Waals surface area contributed by atoms with Gasteiger partial charge in [-0.25, -0.2) is 8.78 Å². The molecule has 0 saturated carbocycles. The minimum atomic E-state index is -0.921. The zero-order valence-corrected chi connectivity index (χ0v) is 10.4. The third-order valence-electron chi connectivity index (χ3n) is 3.29. The van der Waals surface area contributed by atoms with E-state index >= 15 is 0 Å². The van der Waals surface area contributed by atoms with E-state index in [1.807, 2.05) is 6.07 Å². The number of aliphatic hydroxyl groups excluding tert-OH is 1. The van der Waals surface area contributed by atoms with Gasteiger partial charge in [0.15, 0.2) is 11.6 Å². The maximum Gasteiger partial charge on any atom is 0.159 e. The SMILES string of the molecule is OC(c1ccc(F)c(F)c1)c1cc2c(s1)CCC2. The van der Waals surface area contributed by atoms with Crippen LogP contribution in [0.4, 0.5) is 8.78 Å². The molecule has 1 aliphatic rings. The first kappa shape index (κ1) is 11.8. The Morgan fingerprint density at radius 3 is 2.67 bits per heavy atom. The molecule has 1 N–H and O–H groups in total. The molecule has 1 atom stereocenters. The summed E-state index contributed by atoms with van der Waals surface area (Å²) in [6, 6.07) is 5.52. The summed E-state index contributed by atoms with van der Waals surface area (Å²) in [7, 11) is 0. The Kier molecular flexibility index (Phi) is 2.92. The van der Waals surface area contributed by atoms with Gasteiger partial charge in [-0.3, -0.25) is 0 Å². The highest BCUT2D eigenvalue weighted by Crippen LogP contribution is 2.36. The van der Waals surface area contributed by atoms with Crippen LogP contribution in [0.25, 0.3) is 0 Å². The van der Waals surface area contributed by atoms with Crippen molar-refractivity contribution in [3.63, 3.8) is 0 Å². The van der Waals surface area contributed by atoms with E-state index in [1.54, 1.807) is 11.3 Å². The molecule has 94 valence electrons. The van der Waals surface area contributed by atoms with E-state index in [2.05, 4.69) is 0 Å². The Morgan fingerprint density at radius 1 is 1.11 bits per heavy atom. The molecular weight excluding hydrogens is 254 g/mol. The van der Waals surface area contributed by atoms with Gasteiger partial charge < -0.3 is 5.11 Å². The first-order valence-electron chi connectivity index (χ1n) is 5.89. The Labute approximate surface area is 108 Å². The molecule has 3 rings (SSSR count). The van der Waals surface area contributed by atoms with Crippen LogP contribution < -0.4 is 0 Å². The van der Waals surface area contributed by atoms with Crippen LogP contribution in [-0.4, -0.2) is 5.11 Å². The summed E-state index contributed by atoms with van der Waals surface area (Å²) in [5, 5.41) is 10.2. The Morgan fingerprint density at radius 2 is 1.94 bits per heavy atom. The van der Waals surface area contributed by atoms with E-state index in [1.165, 1.54) is 22.9 Å². The lowest BCUT2D eigenvalue weighted by atomic mass is 10.1. The second kappa shape index (κ2) is 4.44. The van der Waals surface area contributed by atoms with E-state index in [0.29, 0.717) is 5.56 Å². The first-order valence-corrected chi connectivity index (χ1v) is 6.71. The van der Waals surface area contributed by atoms with Crippen molar-refractivity contribution >= 4 is 11.3 Å². The van der Waals surface area contributed by atoms with Crippen LogP contribution in [0.3, 0.4) is 0 Å². The molecule has 0 saturated heterocycles. The second-order valence-corrected chi connectivity index (χ2v) is 5.70. The highest BCUT2D eigenvalue weighted by Gasteiger charge is 2.20. The molecule has 0 spiro atoms. The first-order chi connectivity index (χ1) is 8.65. The minimum absolute atomic E-state index is 0.397. The Balaban J connectivity index is 1.93. The average Bonchev–Trinajstić information content (AvgIpc) is 2.92. The summed E-state index contributed by atoms with van der Waals surface area (Å²) in [6.07, 6.45) is 2.42. The van der Waals surface area contributed by atoms with Crippen LogP contribution in [0.5, 0.6) is 0 Å². The van der Waals surface area contributed by atoms with Gasteiger partial charge in [-0.15, -0.1) is 11.3 Å². The van der Waals surface area contributed by atoms with Crippen molar-refractivity contribution in [3.05, 3.63) is 56.8 Å². The predicted octanol–water partition coefficient (Wildman–Crippen LogP) is 3.60. The third-order valence-corrected chi connectivity index (χ3v) is 4.58. The van der Waals surface area contributed by atoms with Crippen molar-refractivity contribution in [1.29, 1.82) is 0 Å². The van der Waals surface area contributed by atoms with Gasteiger partial charge in [0, 0.05) is 9.75 Å². The third kappa shape index (κ3) is 1.95. The smallest absolute Gasteiger partial charge is 0.159 e. The van der Waals surface area contributed by atoms with Crippen LogP contribution >= 0.6 is 11.3 Å². The van der Waals surface area contributed by atoms with Crippen LogP contribution in [0.1, 0.15) is 33.4 Å². The van der Waals surface area contributed by atoms with Gasteiger partial charge in [-0.2, -0.15) is 0 Å². The van der Waals surface area contributed by atoms with Gasteiger partial charge in [0.25, 0.3) is 0 Å². The van der Waals surface area contributed by atoms with E-state index < -0.39 is 17.7 Å². The molecule has 1 heterocycles. The number of aliphatic hydroxyl groups is 1. The Hall–Kier alpha value is -1.26. The van der Waals surface area contributed by atoms with Crippen molar-refractivity contribution in [2.75, 3.05) is 0 Å². The molecule has 0 amide bonds. The predicted molar refractivity (Wildman–Crippen MR) is 66.8 cm³/mol. The number of hydrogen-bond acceptors (Lipinski definition) is 2. The summed E-state index contributed by atoms with van der Waals surface area (Å²) in [5.41, 5.74) is 1.69. The number of thiophene rings is 1. The highest BCUT2D eigenvalue weighted by molar-refractivity contribution is 7.12. The van der Waals surface area contributed by atoms with Gasteiger partial charge in [0.1, 0.15) is 6.10 Å². The number of fused-ring (bicyclic) bond motifs is 1. The molecule has 1 aromatic heterocycles. The van der Waals surface area contributed by atoms with E-state index in [9.17, 15) is 13.9 Å². The molecule has 0 bridgehead atoms. The fourth-order valence-corrected chi connectivity index (χ4v) is 3.61. The molecular formula is C14H12F2OS. The maximum atomic E-state index is 13.1. The molecule has 0 radical (unpaired) electrons. The van der Waals surface area contributed by atoms with Crippen molar-refractivity contribution in [1.82, 2.24) is 0 Å². The molecule has 1 aromatic carbocycles. The monoisotopic (exact) mass is 266 g/mol. The minimum Gasteiger partial charge on any atom is -0.383 e. The maximum absolute atomic E-state index is 13.1. The van der Waals surface area contributed by atoms with Crippen molar-refractivity contribution in [3.8, 4) is 0 Å². The lowest BCUT2D eigenvalue weighted by molar-refractivity contribution is 0.223. The summed E-state index contributed by atoms with van der Waals surface area (Å²) < 4.78 is 26.0. The highest BCUT2D eigenvalue weighted by atomic mass is 32.1. The largest absolute Gasteiger partial charge is 0.383 e. The van der Waals surface area contributed by atoms with Crippen LogP contribution in [0, 0.1) is 11.6 Å². The second-order valence-electron chi connectivity index (χ2n) is 4.53. The number of hydrogen-bond donors (Lipinski definition) is 1. The van der Waals surface area contributed by atoms with Crippen molar-refractivity contribution in [2.45, 2.75) is 25.4 Å². The fourth-order valence-electron chi connectivity index (χ4n) is 2.33. The molecule has 0 fully saturated rings. The summed E-state index contributed by atoms with van der Waals surface area (Å²) >= 11 is 1.57. The van der Waals surface area contributed by atoms with Gasteiger partial charge in [0.2, 0.25) is 0 Å². The van der Waals surface area contributed by atoms with Gasteiger partial charge in [0.05, 0.1) is 0 Å². The molecule has 4 heteroatoms. The van der Waals surface area contributed by atoms with Crippen molar-refractivity contribution < 1.29 is 13.9 Å². The van der Waals surface area contributed by atoms with E-state index in [-0.39, 0.29) is 0 Å². The summed E-state index contributed by atoms with van der Waals surface area (Å²) in [5.74, 6) is -1.81. The standard InChI is InChI=1S/C14H12F2OS/c15-10-5-4-9(6-11(10)16)14(17)13-7-8-2-1-3-12(8)18-13/h4-7,14,17H,1-3H2. The van der Waals surface area contributed by atoms with Gasteiger partial charge in [-0.1, -0.05) is 6.07 Å². The summed E-state index contributed by atoms with van der Waals surface area (Å²) in [6.45, 7) is 0. The summed E-state index contributed by atoms with van der Waals surface area (Å²) in [4.78, 5) is 2.12. The van der Waals surface area contributed by atoms with Gasteiger partial charge >= 0.3 is 0 Å². The number of rotatable bonds is 2. The van der Waals surface area contributed by atoms with Crippen LogP contribution in [-0.2, 0) is 12.8 Å². The lowest BCUT2D eigenvalue weighted by Crippen LogP contribution is -1.99. The zero-order chi connectivity index (χ0) is 12.7.